The van der Waals surface area contributed by atoms with E-state index in [0.717, 1.165) is 12.8 Å². The fourth-order valence-electron chi connectivity index (χ4n) is 1.53. The van der Waals surface area contributed by atoms with Gasteiger partial charge < -0.3 is 5.73 Å². The van der Waals surface area contributed by atoms with Gasteiger partial charge in [-0.05, 0) is 29.5 Å². The first-order valence-corrected chi connectivity index (χ1v) is 5.22. The zero-order valence-corrected chi connectivity index (χ0v) is 9.09. The molecule has 0 unspecified atom stereocenters. The molecule has 1 rings (SSSR count). The summed E-state index contributed by atoms with van der Waals surface area (Å²) in [6.07, 6.45) is 3.91. The van der Waals surface area contributed by atoms with Crippen LogP contribution >= 0.6 is 0 Å². The molecule has 0 aliphatic carbocycles. The van der Waals surface area contributed by atoms with E-state index in [9.17, 15) is 0 Å². The van der Waals surface area contributed by atoms with Crippen LogP contribution in [0, 0.1) is 0 Å². The van der Waals surface area contributed by atoms with Gasteiger partial charge in [0.1, 0.15) is 0 Å². The third-order valence-corrected chi connectivity index (χ3v) is 2.53. The van der Waals surface area contributed by atoms with Crippen LogP contribution in [-0.4, -0.2) is 0 Å². The van der Waals surface area contributed by atoms with Crippen LogP contribution < -0.4 is 5.73 Å². The summed E-state index contributed by atoms with van der Waals surface area (Å²) in [7, 11) is 0. The molecule has 0 fully saturated rings. The molecule has 0 heterocycles. The fraction of sp³-hybridized carbons (Fsp3) is 0.385. The molecule has 2 N–H and O–H groups in total. The lowest BCUT2D eigenvalue weighted by molar-refractivity contribution is 0.901. The van der Waals surface area contributed by atoms with Crippen LogP contribution in [0.25, 0.3) is 0 Å². The number of aryl methyl sites for hydroxylation is 2. The van der Waals surface area contributed by atoms with Crippen molar-refractivity contribution < 1.29 is 0 Å². The van der Waals surface area contributed by atoms with Crippen LogP contribution in [0.1, 0.15) is 36.6 Å². The van der Waals surface area contributed by atoms with Crippen LogP contribution in [0.3, 0.4) is 0 Å². The SMILES string of the molecule is C=C[C@@H](N)c1cc(CC)cc(CC)c1. The molecule has 1 heteroatoms. The predicted molar refractivity (Wildman–Crippen MR) is 62.3 cm³/mol. The van der Waals surface area contributed by atoms with Crippen molar-refractivity contribution in [3.05, 3.63) is 47.5 Å². The van der Waals surface area contributed by atoms with Gasteiger partial charge in [0.2, 0.25) is 0 Å². The van der Waals surface area contributed by atoms with Crippen molar-refractivity contribution in [2.24, 2.45) is 5.73 Å². The average Bonchev–Trinajstić information content (AvgIpc) is 2.27. The van der Waals surface area contributed by atoms with Crippen LogP contribution in [0.4, 0.5) is 0 Å². The number of nitrogens with two attached hydrogens (primary N) is 1. The van der Waals surface area contributed by atoms with Crippen molar-refractivity contribution in [2.45, 2.75) is 32.7 Å². The highest BCUT2D eigenvalue weighted by atomic mass is 14.6. The van der Waals surface area contributed by atoms with E-state index < -0.39 is 0 Å². The third kappa shape index (κ3) is 2.46. The molecular weight excluding hydrogens is 170 g/mol. The average molecular weight is 189 g/mol. The maximum atomic E-state index is 5.92. The normalized spacial score (nSPS) is 12.5. The van der Waals surface area contributed by atoms with E-state index >= 15 is 0 Å². The Morgan fingerprint density at radius 1 is 1.21 bits per heavy atom. The summed E-state index contributed by atoms with van der Waals surface area (Å²) in [5.74, 6) is 0. The molecule has 76 valence electrons. The van der Waals surface area contributed by atoms with Gasteiger partial charge in [0.15, 0.2) is 0 Å². The van der Waals surface area contributed by atoms with Gasteiger partial charge in [-0.3, -0.25) is 0 Å². The van der Waals surface area contributed by atoms with Crippen molar-refractivity contribution in [1.82, 2.24) is 0 Å². The molecule has 14 heavy (non-hydrogen) atoms. The molecule has 0 spiro atoms. The van der Waals surface area contributed by atoms with Crippen molar-refractivity contribution in [2.75, 3.05) is 0 Å². The van der Waals surface area contributed by atoms with Crippen molar-refractivity contribution >= 4 is 0 Å². The summed E-state index contributed by atoms with van der Waals surface area (Å²) in [4.78, 5) is 0. The first-order chi connectivity index (χ1) is 6.71. The van der Waals surface area contributed by atoms with Gasteiger partial charge in [-0.2, -0.15) is 0 Å². The quantitative estimate of drug-likeness (QED) is 0.724. The molecule has 0 aliphatic rings. The van der Waals surface area contributed by atoms with Gasteiger partial charge in [-0.1, -0.05) is 38.1 Å². The van der Waals surface area contributed by atoms with Gasteiger partial charge in [0.05, 0.1) is 0 Å². The first kappa shape index (κ1) is 11.0. The largest absolute Gasteiger partial charge is 0.321 e. The Hall–Kier alpha value is -1.08. The lowest BCUT2D eigenvalue weighted by Crippen LogP contribution is -2.07. The van der Waals surface area contributed by atoms with E-state index in [0.29, 0.717) is 0 Å². The molecule has 1 atom stereocenters. The molecule has 0 aliphatic heterocycles. The molecular formula is C13H19N. The molecule has 0 amide bonds. The van der Waals surface area contributed by atoms with Crippen LogP contribution in [0.2, 0.25) is 0 Å². The van der Waals surface area contributed by atoms with E-state index in [1.807, 2.05) is 0 Å². The second-order valence-corrected chi connectivity index (χ2v) is 3.55. The number of benzene rings is 1. The first-order valence-electron chi connectivity index (χ1n) is 5.22. The van der Waals surface area contributed by atoms with Crippen molar-refractivity contribution in [3.63, 3.8) is 0 Å². The Kier molecular flexibility index (Phi) is 3.90. The Morgan fingerprint density at radius 2 is 1.71 bits per heavy atom. The van der Waals surface area contributed by atoms with Gasteiger partial charge in [-0.25, -0.2) is 0 Å². The Labute approximate surface area is 86.6 Å². The lowest BCUT2D eigenvalue weighted by atomic mass is 9.98. The molecule has 0 saturated carbocycles. The highest BCUT2D eigenvalue weighted by Crippen LogP contribution is 2.17. The summed E-state index contributed by atoms with van der Waals surface area (Å²) in [5.41, 5.74) is 9.82. The van der Waals surface area contributed by atoms with E-state index in [2.05, 4.69) is 38.6 Å². The van der Waals surface area contributed by atoms with E-state index in [4.69, 9.17) is 5.73 Å². The minimum absolute atomic E-state index is 0.0354. The molecule has 1 aromatic carbocycles. The summed E-state index contributed by atoms with van der Waals surface area (Å²) in [6.45, 7) is 8.05. The monoisotopic (exact) mass is 189 g/mol. The van der Waals surface area contributed by atoms with Crippen molar-refractivity contribution in [3.8, 4) is 0 Å². The van der Waals surface area contributed by atoms with E-state index in [1.165, 1.54) is 16.7 Å². The summed E-state index contributed by atoms with van der Waals surface area (Å²) >= 11 is 0. The highest BCUT2D eigenvalue weighted by Gasteiger charge is 2.03. The minimum atomic E-state index is -0.0354. The molecule has 0 radical (unpaired) electrons. The van der Waals surface area contributed by atoms with E-state index in [-0.39, 0.29) is 6.04 Å². The molecule has 0 aromatic heterocycles. The summed E-state index contributed by atoms with van der Waals surface area (Å²) in [6, 6.07) is 6.56. The van der Waals surface area contributed by atoms with Gasteiger partial charge >= 0.3 is 0 Å². The lowest BCUT2D eigenvalue weighted by Gasteiger charge is -2.11. The Bertz CT molecular complexity index is 293. The standard InChI is InChI=1S/C13H19N/c1-4-10-7-11(5-2)9-12(8-10)13(14)6-3/h6-9,13H,3-5,14H2,1-2H3/t13-/m1/s1. The van der Waals surface area contributed by atoms with Crippen LogP contribution in [-0.2, 0) is 12.8 Å². The minimum Gasteiger partial charge on any atom is -0.321 e. The Balaban J connectivity index is 3.09. The number of hydrogen-bond acceptors (Lipinski definition) is 1. The second-order valence-electron chi connectivity index (χ2n) is 3.55. The fourth-order valence-corrected chi connectivity index (χ4v) is 1.53. The van der Waals surface area contributed by atoms with Crippen molar-refractivity contribution in [1.29, 1.82) is 0 Å². The third-order valence-electron chi connectivity index (χ3n) is 2.53. The van der Waals surface area contributed by atoms with Crippen LogP contribution in [0.15, 0.2) is 30.9 Å². The number of rotatable bonds is 4. The van der Waals surface area contributed by atoms with Crippen LogP contribution in [0.5, 0.6) is 0 Å². The molecule has 0 bridgehead atoms. The van der Waals surface area contributed by atoms with Gasteiger partial charge in [-0.15, -0.1) is 6.58 Å². The zero-order valence-electron chi connectivity index (χ0n) is 9.09. The summed E-state index contributed by atoms with van der Waals surface area (Å²) in [5, 5.41) is 0. The maximum Gasteiger partial charge on any atom is 0.0478 e. The smallest absolute Gasteiger partial charge is 0.0478 e. The molecule has 1 nitrogen and oxygen atoms in total. The maximum absolute atomic E-state index is 5.92. The predicted octanol–water partition coefficient (Wildman–Crippen LogP) is 3.00. The van der Waals surface area contributed by atoms with Gasteiger partial charge in [0, 0.05) is 6.04 Å². The second kappa shape index (κ2) is 4.97. The molecule has 1 aromatic rings. The van der Waals surface area contributed by atoms with Gasteiger partial charge in [0.25, 0.3) is 0 Å². The molecule has 0 saturated heterocycles. The summed E-state index contributed by atoms with van der Waals surface area (Å²) < 4.78 is 0. The zero-order chi connectivity index (χ0) is 10.6. The number of hydrogen-bond donors (Lipinski definition) is 1. The topological polar surface area (TPSA) is 26.0 Å². The Morgan fingerprint density at radius 3 is 2.07 bits per heavy atom. The van der Waals surface area contributed by atoms with E-state index in [1.54, 1.807) is 6.08 Å². The highest BCUT2D eigenvalue weighted by molar-refractivity contribution is 5.33.